The van der Waals surface area contributed by atoms with Gasteiger partial charge in [0.15, 0.2) is 0 Å². The first-order chi connectivity index (χ1) is 8.88. The van der Waals surface area contributed by atoms with Crippen LogP contribution in [0.5, 0.6) is 0 Å². The van der Waals surface area contributed by atoms with E-state index in [9.17, 15) is 0 Å². The van der Waals surface area contributed by atoms with Crippen molar-refractivity contribution in [3.63, 3.8) is 0 Å². The van der Waals surface area contributed by atoms with Crippen molar-refractivity contribution in [3.05, 3.63) is 66.0 Å². The second kappa shape index (κ2) is 6.89. The summed E-state index contributed by atoms with van der Waals surface area (Å²) in [5, 5.41) is 0. The second-order valence-corrected chi connectivity index (χ2v) is 4.35. The summed E-state index contributed by atoms with van der Waals surface area (Å²) in [7, 11) is 0. The minimum Gasteiger partial charge on any atom is -0.329 e. The van der Waals surface area contributed by atoms with Crippen LogP contribution in [0.1, 0.15) is 11.1 Å². The van der Waals surface area contributed by atoms with Crippen molar-refractivity contribution >= 4 is 0 Å². The van der Waals surface area contributed by atoms with E-state index in [0.717, 1.165) is 19.6 Å². The molecule has 0 aliphatic carbocycles. The van der Waals surface area contributed by atoms with Gasteiger partial charge in [-0.25, -0.2) is 0 Å². The van der Waals surface area contributed by atoms with Crippen molar-refractivity contribution in [2.24, 2.45) is 5.73 Å². The highest BCUT2D eigenvalue weighted by molar-refractivity contribution is 5.15. The Hall–Kier alpha value is -1.71. The first kappa shape index (κ1) is 12.7. The monoisotopic (exact) mass is 241 g/mol. The van der Waals surface area contributed by atoms with Gasteiger partial charge in [-0.15, -0.1) is 0 Å². The average molecular weight is 241 g/mol. The van der Waals surface area contributed by atoms with Gasteiger partial charge in [0.1, 0.15) is 0 Å². The van der Waals surface area contributed by atoms with Gasteiger partial charge in [0.05, 0.1) is 0 Å². The first-order valence-electron chi connectivity index (χ1n) is 6.24. The van der Waals surface area contributed by atoms with Gasteiger partial charge in [0.2, 0.25) is 0 Å². The zero-order valence-electron chi connectivity index (χ0n) is 10.5. The Morgan fingerprint density at radius 2 is 1.67 bits per heavy atom. The molecule has 0 unspecified atom stereocenters. The van der Waals surface area contributed by atoms with Gasteiger partial charge < -0.3 is 5.73 Å². The third-order valence-corrected chi connectivity index (χ3v) is 2.82. The normalized spacial score (nSPS) is 10.8. The van der Waals surface area contributed by atoms with Crippen LogP contribution in [0.3, 0.4) is 0 Å². The minimum atomic E-state index is 0.674. The molecule has 2 aromatic rings. The average Bonchev–Trinajstić information content (AvgIpc) is 2.41. The molecule has 0 atom stereocenters. The summed E-state index contributed by atoms with van der Waals surface area (Å²) < 4.78 is 0. The molecular weight excluding hydrogens is 222 g/mol. The molecule has 18 heavy (non-hydrogen) atoms. The zero-order valence-corrected chi connectivity index (χ0v) is 10.5. The van der Waals surface area contributed by atoms with Crippen molar-refractivity contribution in [1.82, 2.24) is 9.88 Å². The van der Waals surface area contributed by atoms with E-state index in [4.69, 9.17) is 5.73 Å². The zero-order chi connectivity index (χ0) is 12.6. The SMILES string of the molecule is NCCN(Cc1ccccc1)Cc1cccnc1. The highest BCUT2D eigenvalue weighted by Gasteiger charge is 2.06. The van der Waals surface area contributed by atoms with Crippen LogP contribution in [-0.2, 0) is 13.1 Å². The summed E-state index contributed by atoms with van der Waals surface area (Å²) in [5.41, 5.74) is 8.22. The van der Waals surface area contributed by atoms with Gasteiger partial charge in [-0.3, -0.25) is 9.88 Å². The molecule has 0 spiro atoms. The molecular formula is C15H19N3. The molecule has 0 amide bonds. The number of hydrogen-bond acceptors (Lipinski definition) is 3. The van der Waals surface area contributed by atoms with E-state index in [2.05, 4.69) is 40.2 Å². The maximum atomic E-state index is 5.68. The van der Waals surface area contributed by atoms with E-state index in [-0.39, 0.29) is 0 Å². The molecule has 2 rings (SSSR count). The summed E-state index contributed by atoms with van der Waals surface area (Å²) in [5.74, 6) is 0. The first-order valence-corrected chi connectivity index (χ1v) is 6.24. The molecule has 3 heteroatoms. The molecule has 0 aliphatic heterocycles. The molecule has 0 saturated carbocycles. The molecule has 1 heterocycles. The standard InChI is InChI=1S/C15H19N3/c16-8-10-18(12-14-5-2-1-3-6-14)13-15-7-4-9-17-11-15/h1-7,9,11H,8,10,12-13,16H2. The van der Waals surface area contributed by atoms with Crippen molar-refractivity contribution in [2.75, 3.05) is 13.1 Å². The van der Waals surface area contributed by atoms with Crippen LogP contribution in [0.15, 0.2) is 54.9 Å². The van der Waals surface area contributed by atoms with Crippen LogP contribution in [-0.4, -0.2) is 23.0 Å². The number of nitrogens with zero attached hydrogens (tertiary/aromatic N) is 2. The summed E-state index contributed by atoms with van der Waals surface area (Å²) in [4.78, 5) is 6.49. The lowest BCUT2D eigenvalue weighted by Gasteiger charge is -2.21. The van der Waals surface area contributed by atoms with Crippen LogP contribution in [0.4, 0.5) is 0 Å². The Labute approximate surface area is 108 Å². The van der Waals surface area contributed by atoms with Crippen LogP contribution >= 0.6 is 0 Å². The van der Waals surface area contributed by atoms with Gasteiger partial charge >= 0.3 is 0 Å². The van der Waals surface area contributed by atoms with E-state index in [1.165, 1.54) is 11.1 Å². The number of pyridine rings is 1. The van der Waals surface area contributed by atoms with Crippen LogP contribution < -0.4 is 5.73 Å². The van der Waals surface area contributed by atoms with Gasteiger partial charge in [-0.1, -0.05) is 36.4 Å². The predicted octanol–water partition coefficient (Wildman–Crippen LogP) is 2.04. The van der Waals surface area contributed by atoms with Gasteiger partial charge in [0, 0.05) is 38.6 Å². The highest BCUT2D eigenvalue weighted by Crippen LogP contribution is 2.08. The molecule has 0 radical (unpaired) electrons. The third-order valence-electron chi connectivity index (χ3n) is 2.82. The fourth-order valence-electron chi connectivity index (χ4n) is 1.99. The van der Waals surface area contributed by atoms with Gasteiger partial charge in [-0.05, 0) is 17.2 Å². The summed E-state index contributed by atoms with van der Waals surface area (Å²) >= 11 is 0. The Morgan fingerprint density at radius 1 is 0.944 bits per heavy atom. The summed E-state index contributed by atoms with van der Waals surface area (Å²) in [6, 6.07) is 14.5. The lowest BCUT2D eigenvalue weighted by molar-refractivity contribution is 0.264. The van der Waals surface area contributed by atoms with Crippen molar-refractivity contribution < 1.29 is 0 Å². The van der Waals surface area contributed by atoms with E-state index < -0.39 is 0 Å². The quantitative estimate of drug-likeness (QED) is 0.841. The molecule has 0 fully saturated rings. The fraction of sp³-hybridized carbons (Fsp3) is 0.267. The van der Waals surface area contributed by atoms with Crippen molar-refractivity contribution in [1.29, 1.82) is 0 Å². The van der Waals surface area contributed by atoms with Crippen LogP contribution in [0, 0.1) is 0 Å². The highest BCUT2D eigenvalue weighted by atomic mass is 15.1. The molecule has 0 bridgehead atoms. The Kier molecular flexibility index (Phi) is 4.88. The van der Waals surface area contributed by atoms with E-state index in [1.54, 1.807) is 6.20 Å². The molecule has 1 aromatic heterocycles. The Balaban J connectivity index is 2.00. The third kappa shape index (κ3) is 3.95. The molecule has 2 N–H and O–H groups in total. The second-order valence-electron chi connectivity index (χ2n) is 4.35. The molecule has 1 aromatic carbocycles. The van der Waals surface area contributed by atoms with Crippen molar-refractivity contribution in [3.8, 4) is 0 Å². The maximum absolute atomic E-state index is 5.68. The van der Waals surface area contributed by atoms with Crippen LogP contribution in [0.2, 0.25) is 0 Å². The van der Waals surface area contributed by atoms with Gasteiger partial charge in [-0.2, -0.15) is 0 Å². The van der Waals surface area contributed by atoms with Gasteiger partial charge in [0.25, 0.3) is 0 Å². The summed E-state index contributed by atoms with van der Waals surface area (Å²) in [6.45, 7) is 3.38. The summed E-state index contributed by atoms with van der Waals surface area (Å²) in [6.07, 6.45) is 3.71. The smallest absolute Gasteiger partial charge is 0.0312 e. The van der Waals surface area contributed by atoms with E-state index in [1.807, 2.05) is 18.3 Å². The molecule has 3 nitrogen and oxygen atoms in total. The molecule has 94 valence electrons. The number of aromatic nitrogens is 1. The van der Waals surface area contributed by atoms with E-state index in [0.29, 0.717) is 6.54 Å². The van der Waals surface area contributed by atoms with Crippen LogP contribution in [0.25, 0.3) is 0 Å². The Bertz CT molecular complexity index is 400. The Morgan fingerprint density at radius 3 is 2.33 bits per heavy atom. The number of rotatable bonds is 6. The molecule has 0 aliphatic rings. The van der Waals surface area contributed by atoms with Crippen molar-refractivity contribution in [2.45, 2.75) is 13.1 Å². The lowest BCUT2D eigenvalue weighted by atomic mass is 10.2. The number of hydrogen-bond donors (Lipinski definition) is 1. The maximum Gasteiger partial charge on any atom is 0.0312 e. The topological polar surface area (TPSA) is 42.1 Å². The predicted molar refractivity (Wildman–Crippen MR) is 73.8 cm³/mol. The number of nitrogens with two attached hydrogens (primary N) is 1. The fourth-order valence-corrected chi connectivity index (χ4v) is 1.99. The molecule has 0 saturated heterocycles. The largest absolute Gasteiger partial charge is 0.329 e. The van der Waals surface area contributed by atoms with E-state index >= 15 is 0 Å². The minimum absolute atomic E-state index is 0.674. The lowest BCUT2D eigenvalue weighted by Crippen LogP contribution is -2.28. The number of benzene rings is 1.